The second kappa shape index (κ2) is 12.7. The number of esters is 1. The van der Waals surface area contributed by atoms with Crippen LogP contribution in [0.15, 0.2) is 47.8 Å². The summed E-state index contributed by atoms with van der Waals surface area (Å²) in [7, 11) is 0. The van der Waals surface area contributed by atoms with Crippen LogP contribution >= 0.6 is 11.3 Å². The summed E-state index contributed by atoms with van der Waals surface area (Å²) in [5.74, 6) is -0.486. The van der Waals surface area contributed by atoms with Crippen LogP contribution in [0, 0.1) is 5.92 Å². The number of amides is 3. The molecule has 0 saturated carbocycles. The summed E-state index contributed by atoms with van der Waals surface area (Å²) < 4.78 is 4.85. The van der Waals surface area contributed by atoms with Crippen molar-refractivity contribution in [3.8, 4) is 0 Å². The number of carbonyl (C=O) groups is 3. The third-order valence-electron chi connectivity index (χ3n) is 4.38. The maximum atomic E-state index is 13.2. The lowest BCUT2D eigenvalue weighted by Gasteiger charge is -2.28. The first kappa shape index (κ1) is 24.4. The Morgan fingerprint density at radius 3 is 2.39 bits per heavy atom. The standard InChI is InChI=1S/C23H31N3O4S/c1-4-30-22(28)13-24-23(29)26(14-18(2)3)17-21(27)25(16-20-11-8-12-31-20)15-19-9-6-5-7-10-19/h5-12,18H,4,13-17H2,1-3H3,(H,24,29). The van der Waals surface area contributed by atoms with Crippen LogP contribution < -0.4 is 5.32 Å². The number of rotatable bonds is 11. The molecule has 3 amide bonds. The highest BCUT2D eigenvalue weighted by Gasteiger charge is 2.23. The number of carbonyl (C=O) groups excluding carboxylic acids is 3. The fraction of sp³-hybridized carbons (Fsp3) is 0.435. The second-order valence-corrected chi connectivity index (χ2v) is 8.59. The molecular formula is C23H31N3O4S. The Morgan fingerprint density at radius 2 is 1.77 bits per heavy atom. The van der Waals surface area contributed by atoms with Crippen molar-refractivity contribution in [3.05, 3.63) is 58.3 Å². The SMILES string of the molecule is CCOC(=O)CNC(=O)N(CC(=O)N(Cc1ccccc1)Cc1cccs1)CC(C)C. The van der Waals surface area contributed by atoms with Crippen LogP contribution in [0.1, 0.15) is 31.2 Å². The fourth-order valence-electron chi connectivity index (χ4n) is 3.02. The van der Waals surface area contributed by atoms with E-state index >= 15 is 0 Å². The highest BCUT2D eigenvalue weighted by Crippen LogP contribution is 2.15. The van der Waals surface area contributed by atoms with Crippen LogP contribution in [0.2, 0.25) is 0 Å². The van der Waals surface area contributed by atoms with Gasteiger partial charge in [-0.05, 0) is 29.9 Å². The molecule has 1 aromatic carbocycles. The fourth-order valence-corrected chi connectivity index (χ4v) is 3.74. The van der Waals surface area contributed by atoms with Gasteiger partial charge in [0.1, 0.15) is 13.1 Å². The van der Waals surface area contributed by atoms with Crippen molar-refractivity contribution in [2.24, 2.45) is 5.92 Å². The first-order chi connectivity index (χ1) is 14.9. The van der Waals surface area contributed by atoms with E-state index in [1.807, 2.05) is 61.7 Å². The van der Waals surface area contributed by atoms with E-state index in [0.717, 1.165) is 10.4 Å². The highest BCUT2D eigenvalue weighted by atomic mass is 32.1. The number of nitrogens with zero attached hydrogens (tertiary/aromatic N) is 2. The molecule has 7 nitrogen and oxygen atoms in total. The molecule has 0 saturated heterocycles. The smallest absolute Gasteiger partial charge is 0.325 e. The number of nitrogens with one attached hydrogen (secondary N) is 1. The van der Waals surface area contributed by atoms with Crippen LogP contribution in [0.4, 0.5) is 4.79 Å². The van der Waals surface area contributed by atoms with E-state index in [9.17, 15) is 14.4 Å². The molecule has 0 radical (unpaired) electrons. The molecule has 1 heterocycles. The Hall–Kier alpha value is -2.87. The van der Waals surface area contributed by atoms with Crippen molar-refractivity contribution >= 4 is 29.2 Å². The van der Waals surface area contributed by atoms with Crippen molar-refractivity contribution < 1.29 is 19.1 Å². The molecule has 8 heteroatoms. The Balaban J connectivity index is 2.09. The van der Waals surface area contributed by atoms with E-state index < -0.39 is 12.0 Å². The third kappa shape index (κ3) is 8.80. The van der Waals surface area contributed by atoms with Crippen molar-refractivity contribution in [1.82, 2.24) is 15.1 Å². The molecule has 1 N–H and O–H groups in total. The number of urea groups is 1. The Bertz CT molecular complexity index is 825. The number of hydrogen-bond donors (Lipinski definition) is 1. The minimum absolute atomic E-state index is 0.0644. The predicted octanol–water partition coefficient (Wildman–Crippen LogP) is 3.51. The lowest BCUT2D eigenvalue weighted by atomic mass is 10.2. The van der Waals surface area contributed by atoms with E-state index in [0.29, 0.717) is 19.6 Å². The van der Waals surface area contributed by atoms with Gasteiger partial charge in [-0.1, -0.05) is 50.2 Å². The van der Waals surface area contributed by atoms with Gasteiger partial charge in [0.15, 0.2) is 0 Å². The number of ether oxygens (including phenoxy) is 1. The Labute approximate surface area is 188 Å². The molecule has 0 atom stereocenters. The van der Waals surface area contributed by atoms with Crippen molar-refractivity contribution in [2.45, 2.75) is 33.9 Å². The van der Waals surface area contributed by atoms with Gasteiger partial charge in [0.25, 0.3) is 0 Å². The zero-order valence-electron chi connectivity index (χ0n) is 18.4. The van der Waals surface area contributed by atoms with Gasteiger partial charge in [0.05, 0.1) is 13.2 Å². The summed E-state index contributed by atoms with van der Waals surface area (Å²) in [4.78, 5) is 41.8. The number of thiophene rings is 1. The van der Waals surface area contributed by atoms with Gasteiger partial charge in [-0.15, -0.1) is 11.3 Å². The van der Waals surface area contributed by atoms with Gasteiger partial charge in [-0.2, -0.15) is 0 Å². The van der Waals surface area contributed by atoms with Crippen LogP contribution in [0.25, 0.3) is 0 Å². The molecule has 1 aromatic heterocycles. The normalized spacial score (nSPS) is 10.6. The number of benzene rings is 1. The Kier molecular flexibility index (Phi) is 10.0. The molecule has 0 aliphatic heterocycles. The van der Waals surface area contributed by atoms with E-state index in [1.54, 1.807) is 23.2 Å². The van der Waals surface area contributed by atoms with Crippen LogP contribution in [-0.2, 0) is 27.4 Å². The van der Waals surface area contributed by atoms with Gasteiger partial charge in [-0.3, -0.25) is 9.59 Å². The molecule has 2 aromatic rings. The largest absolute Gasteiger partial charge is 0.465 e. The van der Waals surface area contributed by atoms with Crippen LogP contribution in [0.5, 0.6) is 0 Å². The summed E-state index contributed by atoms with van der Waals surface area (Å²) >= 11 is 1.59. The Morgan fingerprint density at radius 1 is 1.03 bits per heavy atom. The lowest BCUT2D eigenvalue weighted by molar-refractivity contribution is -0.141. The molecule has 0 spiro atoms. The average Bonchev–Trinajstić information content (AvgIpc) is 3.25. The molecule has 0 aliphatic carbocycles. The first-order valence-corrected chi connectivity index (χ1v) is 11.3. The summed E-state index contributed by atoms with van der Waals surface area (Å²) in [6.07, 6.45) is 0. The third-order valence-corrected chi connectivity index (χ3v) is 5.25. The monoisotopic (exact) mass is 445 g/mol. The molecule has 0 bridgehead atoms. The zero-order chi connectivity index (χ0) is 22.6. The van der Waals surface area contributed by atoms with Crippen LogP contribution in [-0.4, -0.2) is 53.9 Å². The predicted molar refractivity (Wildman–Crippen MR) is 121 cm³/mol. The lowest BCUT2D eigenvalue weighted by Crippen LogP contribution is -2.48. The van der Waals surface area contributed by atoms with E-state index in [4.69, 9.17) is 4.74 Å². The van der Waals surface area contributed by atoms with Gasteiger partial charge in [0.2, 0.25) is 5.91 Å². The van der Waals surface area contributed by atoms with E-state index in [1.165, 1.54) is 4.90 Å². The second-order valence-electron chi connectivity index (χ2n) is 7.55. The van der Waals surface area contributed by atoms with Gasteiger partial charge in [0, 0.05) is 18.0 Å². The average molecular weight is 446 g/mol. The quantitative estimate of drug-likeness (QED) is 0.537. The van der Waals surface area contributed by atoms with E-state index in [-0.39, 0.29) is 31.5 Å². The van der Waals surface area contributed by atoms with Crippen molar-refractivity contribution in [2.75, 3.05) is 26.2 Å². The number of hydrogen-bond acceptors (Lipinski definition) is 5. The molecule has 0 fully saturated rings. The maximum absolute atomic E-state index is 13.2. The molecular weight excluding hydrogens is 414 g/mol. The minimum atomic E-state index is -0.505. The van der Waals surface area contributed by atoms with Gasteiger partial charge >= 0.3 is 12.0 Å². The molecule has 2 rings (SSSR count). The summed E-state index contributed by atoms with van der Waals surface area (Å²) in [6.45, 7) is 6.95. The maximum Gasteiger partial charge on any atom is 0.325 e. The molecule has 168 valence electrons. The minimum Gasteiger partial charge on any atom is -0.465 e. The van der Waals surface area contributed by atoms with Crippen LogP contribution in [0.3, 0.4) is 0 Å². The highest BCUT2D eigenvalue weighted by molar-refractivity contribution is 7.09. The first-order valence-electron chi connectivity index (χ1n) is 10.4. The van der Waals surface area contributed by atoms with Crippen molar-refractivity contribution in [3.63, 3.8) is 0 Å². The summed E-state index contributed by atoms with van der Waals surface area (Å²) in [6, 6.07) is 13.3. The zero-order valence-corrected chi connectivity index (χ0v) is 19.2. The topological polar surface area (TPSA) is 79.0 Å². The van der Waals surface area contributed by atoms with Crippen molar-refractivity contribution in [1.29, 1.82) is 0 Å². The van der Waals surface area contributed by atoms with Gasteiger partial charge in [-0.25, -0.2) is 4.79 Å². The molecule has 31 heavy (non-hydrogen) atoms. The molecule has 0 aliphatic rings. The van der Waals surface area contributed by atoms with E-state index in [2.05, 4.69) is 5.32 Å². The summed E-state index contributed by atoms with van der Waals surface area (Å²) in [5.41, 5.74) is 1.02. The summed E-state index contributed by atoms with van der Waals surface area (Å²) in [5, 5.41) is 4.54. The van der Waals surface area contributed by atoms with Gasteiger partial charge < -0.3 is 19.9 Å². The molecule has 0 unspecified atom stereocenters.